The molecule has 0 unspecified atom stereocenters. The minimum atomic E-state index is -0.422. The smallest absolute Gasteiger partial charge is 0.252 e. The average Bonchev–Trinajstić information content (AvgIpc) is 2.26. The van der Waals surface area contributed by atoms with Crippen LogP contribution < -0.4 is 4.74 Å². The van der Waals surface area contributed by atoms with Gasteiger partial charge in [-0.25, -0.2) is 0 Å². The van der Waals surface area contributed by atoms with Crippen LogP contribution in [0.4, 0.5) is 0 Å². The fourth-order valence-corrected chi connectivity index (χ4v) is 1.93. The van der Waals surface area contributed by atoms with Crippen LogP contribution in [0.15, 0.2) is 12.1 Å². The number of hydrogen-bond donors (Lipinski definition) is 0. The van der Waals surface area contributed by atoms with Crippen LogP contribution in [-0.4, -0.2) is 11.8 Å². The fraction of sp³-hybridized carbons (Fsp3) is 0.500. The van der Waals surface area contributed by atoms with Gasteiger partial charge in [-0.3, -0.25) is 4.79 Å². The second-order valence-corrected chi connectivity index (χ2v) is 4.61. The number of unbranched alkanes of at least 4 members (excludes halogenated alkanes) is 2. The van der Waals surface area contributed by atoms with Gasteiger partial charge in [0.05, 0.1) is 6.61 Å². The predicted molar refractivity (Wildman–Crippen MR) is 71.1 cm³/mol. The first kappa shape index (κ1) is 14.0. The second-order valence-electron chi connectivity index (χ2n) is 4.27. The van der Waals surface area contributed by atoms with Crippen molar-refractivity contribution in [2.24, 2.45) is 0 Å². The van der Waals surface area contributed by atoms with Gasteiger partial charge in [-0.15, -0.1) is 0 Å². The molecule has 0 saturated carbocycles. The van der Waals surface area contributed by atoms with E-state index in [1.807, 2.05) is 13.8 Å². The maximum atomic E-state index is 11.1. The van der Waals surface area contributed by atoms with E-state index < -0.39 is 5.24 Å². The highest BCUT2D eigenvalue weighted by Gasteiger charge is 2.09. The first-order valence-corrected chi connectivity index (χ1v) is 6.38. The Morgan fingerprint density at radius 3 is 2.29 bits per heavy atom. The lowest BCUT2D eigenvalue weighted by Crippen LogP contribution is -2.02. The number of carbonyl (C=O) groups excluding carboxylic acids is 1. The van der Waals surface area contributed by atoms with Gasteiger partial charge in [-0.05, 0) is 55.1 Å². The molecule has 94 valence electrons. The van der Waals surface area contributed by atoms with Gasteiger partial charge in [-0.2, -0.15) is 0 Å². The highest BCUT2D eigenvalue weighted by atomic mass is 35.5. The number of ether oxygens (including phenoxy) is 1. The van der Waals surface area contributed by atoms with E-state index in [-0.39, 0.29) is 0 Å². The quantitative estimate of drug-likeness (QED) is 0.560. The Hall–Kier alpha value is -1.02. The molecule has 0 bridgehead atoms. The van der Waals surface area contributed by atoms with Gasteiger partial charge in [0, 0.05) is 5.56 Å². The summed E-state index contributed by atoms with van der Waals surface area (Å²) in [7, 11) is 0. The molecule has 0 spiro atoms. The van der Waals surface area contributed by atoms with Crippen LogP contribution in [0.2, 0.25) is 0 Å². The van der Waals surface area contributed by atoms with E-state index >= 15 is 0 Å². The van der Waals surface area contributed by atoms with Crippen molar-refractivity contribution in [3.8, 4) is 5.75 Å². The number of benzene rings is 1. The van der Waals surface area contributed by atoms with E-state index in [4.69, 9.17) is 16.3 Å². The second kappa shape index (κ2) is 6.65. The molecule has 0 aromatic heterocycles. The van der Waals surface area contributed by atoms with Crippen molar-refractivity contribution in [3.63, 3.8) is 0 Å². The fourth-order valence-electron chi connectivity index (χ4n) is 1.82. The molecule has 3 heteroatoms. The Kier molecular flexibility index (Phi) is 5.49. The van der Waals surface area contributed by atoms with Crippen molar-refractivity contribution in [3.05, 3.63) is 28.8 Å². The maximum absolute atomic E-state index is 11.1. The molecule has 0 aliphatic rings. The van der Waals surface area contributed by atoms with Gasteiger partial charge in [0.25, 0.3) is 5.24 Å². The van der Waals surface area contributed by atoms with Gasteiger partial charge in [0.15, 0.2) is 0 Å². The van der Waals surface area contributed by atoms with Crippen molar-refractivity contribution >= 4 is 16.8 Å². The molecule has 0 saturated heterocycles. The molecule has 0 fully saturated rings. The number of aryl methyl sites for hydroxylation is 2. The van der Waals surface area contributed by atoms with Crippen LogP contribution in [0.25, 0.3) is 0 Å². The van der Waals surface area contributed by atoms with Crippen LogP contribution >= 0.6 is 11.6 Å². The van der Waals surface area contributed by atoms with Crippen LogP contribution in [0.5, 0.6) is 5.75 Å². The zero-order chi connectivity index (χ0) is 12.8. The van der Waals surface area contributed by atoms with Gasteiger partial charge >= 0.3 is 0 Å². The molecule has 0 radical (unpaired) electrons. The monoisotopic (exact) mass is 254 g/mol. The lowest BCUT2D eigenvalue weighted by atomic mass is 10.1. The van der Waals surface area contributed by atoms with E-state index in [2.05, 4.69) is 6.92 Å². The van der Waals surface area contributed by atoms with E-state index in [0.717, 1.165) is 29.9 Å². The Bertz CT molecular complexity index is 376. The minimum Gasteiger partial charge on any atom is -0.493 e. The molecule has 1 aromatic rings. The van der Waals surface area contributed by atoms with Crippen LogP contribution in [-0.2, 0) is 0 Å². The van der Waals surface area contributed by atoms with E-state index in [1.54, 1.807) is 12.1 Å². The van der Waals surface area contributed by atoms with Gasteiger partial charge in [0.1, 0.15) is 5.75 Å². The largest absolute Gasteiger partial charge is 0.493 e. The summed E-state index contributed by atoms with van der Waals surface area (Å²) in [5.74, 6) is 0.878. The third kappa shape index (κ3) is 4.04. The maximum Gasteiger partial charge on any atom is 0.252 e. The molecular formula is C14H19ClO2. The Labute approximate surface area is 108 Å². The van der Waals surface area contributed by atoms with Crippen molar-refractivity contribution in [1.29, 1.82) is 0 Å². The van der Waals surface area contributed by atoms with E-state index in [1.165, 1.54) is 12.8 Å². The summed E-state index contributed by atoms with van der Waals surface area (Å²) in [5, 5.41) is -0.422. The third-order valence-electron chi connectivity index (χ3n) is 2.68. The summed E-state index contributed by atoms with van der Waals surface area (Å²) >= 11 is 5.47. The zero-order valence-electron chi connectivity index (χ0n) is 10.7. The lowest BCUT2D eigenvalue weighted by molar-refractivity contribution is 0.108. The Morgan fingerprint density at radius 2 is 1.82 bits per heavy atom. The average molecular weight is 255 g/mol. The normalized spacial score (nSPS) is 10.4. The minimum absolute atomic E-state index is 0.422. The molecule has 0 N–H and O–H groups in total. The summed E-state index contributed by atoms with van der Waals surface area (Å²) in [6.45, 7) is 6.76. The molecule has 17 heavy (non-hydrogen) atoms. The predicted octanol–water partition coefficient (Wildman–Crippen LogP) is 4.25. The van der Waals surface area contributed by atoms with E-state index in [0.29, 0.717) is 5.56 Å². The van der Waals surface area contributed by atoms with Crippen LogP contribution in [0.3, 0.4) is 0 Å². The van der Waals surface area contributed by atoms with Crippen molar-refractivity contribution < 1.29 is 9.53 Å². The van der Waals surface area contributed by atoms with Crippen molar-refractivity contribution in [2.75, 3.05) is 6.61 Å². The van der Waals surface area contributed by atoms with Gasteiger partial charge < -0.3 is 4.74 Å². The van der Waals surface area contributed by atoms with Crippen LogP contribution in [0.1, 0.15) is 47.7 Å². The molecule has 0 aliphatic carbocycles. The molecule has 0 heterocycles. The number of hydrogen-bond acceptors (Lipinski definition) is 2. The molecule has 1 rings (SSSR count). The molecule has 0 aliphatic heterocycles. The molecule has 2 nitrogen and oxygen atoms in total. The van der Waals surface area contributed by atoms with E-state index in [9.17, 15) is 4.79 Å². The summed E-state index contributed by atoms with van der Waals surface area (Å²) < 4.78 is 5.75. The summed E-state index contributed by atoms with van der Waals surface area (Å²) in [6, 6.07) is 3.55. The summed E-state index contributed by atoms with van der Waals surface area (Å²) in [6.07, 6.45) is 3.42. The molecule has 0 amide bonds. The SMILES string of the molecule is CCCCCOc1c(C)cc(C(=O)Cl)cc1C. The molecule has 0 atom stereocenters. The van der Waals surface area contributed by atoms with Crippen molar-refractivity contribution in [2.45, 2.75) is 40.0 Å². The summed E-state index contributed by atoms with van der Waals surface area (Å²) in [5.41, 5.74) is 2.46. The topological polar surface area (TPSA) is 26.3 Å². The Morgan fingerprint density at radius 1 is 1.24 bits per heavy atom. The van der Waals surface area contributed by atoms with Gasteiger partial charge in [0.2, 0.25) is 0 Å². The number of carbonyl (C=O) groups is 1. The van der Waals surface area contributed by atoms with Gasteiger partial charge in [-0.1, -0.05) is 19.8 Å². The lowest BCUT2D eigenvalue weighted by Gasteiger charge is -2.12. The van der Waals surface area contributed by atoms with Crippen molar-refractivity contribution in [1.82, 2.24) is 0 Å². The zero-order valence-corrected chi connectivity index (χ0v) is 11.4. The highest BCUT2D eigenvalue weighted by molar-refractivity contribution is 6.67. The Balaban J connectivity index is 2.76. The first-order chi connectivity index (χ1) is 8.06. The summed E-state index contributed by atoms with van der Waals surface area (Å²) in [4.78, 5) is 11.1. The molecular weight excluding hydrogens is 236 g/mol. The number of halogens is 1. The highest BCUT2D eigenvalue weighted by Crippen LogP contribution is 2.25. The molecule has 1 aromatic carbocycles. The first-order valence-electron chi connectivity index (χ1n) is 6.00. The van der Waals surface area contributed by atoms with Crippen LogP contribution in [0, 0.1) is 13.8 Å². The standard InChI is InChI=1S/C14H19ClO2/c1-4-5-6-7-17-13-10(2)8-12(14(15)16)9-11(13)3/h8-9H,4-7H2,1-3H3. The number of rotatable bonds is 6. The third-order valence-corrected chi connectivity index (χ3v) is 2.90.